The summed E-state index contributed by atoms with van der Waals surface area (Å²) < 4.78 is 18.1. The zero-order valence-electron chi connectivity index (χ0n) is 19.2. The summed E-state index contributed by atoms with van der Waals surface area (Å²) in [6, 6.07) is 21.7. The largest absolute Gasteiger partial charge is 0.391 e. The van der Waals surface area contributed by atoms with Gasteiger partial charge in [0.15, 0.2) is 6.29 Å². The lowest BCUT2D eigenvalue weighted by atomic mass is 10.0. The number of hydrogen-bond acceptors (Lipinski definition) is 5. The fourth-order valence-corrected chi connectivity index (χ4v) is 4.07. The Labute approximate surface area is 220 Å². The fourth-order valence-electron chi connectivity index (χ4n) is 3.50. The second kappa shape index (κ2) is 14.0. The highest BCUT2D eigenvalue weighted by atomic mass is 35.5. The van der Waals surface area contributed by atoms with Crippen LogP contribution < -0.4 is 0 Å². The monoisotopic (exact) mass is 536 g/mol. The molecule has 8 heteroatoms. The molecule has 0 saturated carbocycles. The average Bonchev–Trinajstić information content (AvgIpc) is 2.85. The van der Waals surface area contributed by atoms with Gasteiger partial charge in [0.2, 0.25) is 0 Å². The number of carbonyl (C=O) groups is 1. The standard InChI is InChI=1S/C27H27Cl3O5/c1-18(32)26(34-16-20-9-3-6-12-23(20)29)27(35-17-21-10-4-7-13-24(21)30)25(14-31)33-15-19-8-2-5-11-22(19)28/h2-14,18,25-27,32H,15-17H2,1H3/t18-,25+,26+,27-/m0/s1. The van der Waals surface area contributed by atoms with E-state index in [9.17, 15) is 9.90 Å². The maximum atomic E-state index is 12.2. The predicted octanol–water partition coefficient (Wildman–Crippen LogP) is 6.28. The van der Waals surface area contributed by atoms with Gasteiger partial charge in [-0.05, 0) is 41.8 Å². The van der Waals surface area contributed by atoms with Crippen LogP contribution in [-0.4, -0.2) is 35.8 Å². The van der Waals surface area contributed by atoms with Crippen molar-refractivity contribution in [3.63, 3.8) is 0 Å². The molecular weight excluding hydrogens is 511 g/mol. The molecule has 3 aromatic carbocycles. The summed E-state index contributed by atoms with van der Waals surface area (Å²) in [7, 11) is 0. The van der Waals surface area contributed by atoms with Crippen molar-refractivity contribution in [2.75, 3.05) is 0 Å². The summed E-state index contributed by atoms with van der Waals surface area (Å²) >= 11 is 18.8. The van der Waals surface area contributed by atoms with Gasteiger partial charge in [0.05, 0.1) is 25.9 Å². The molecule has 35 heavy (non-hydrogen) atoms. The van der Waals surface area contributed by atoms with Crippen LogP contribution in [0.2, 0.25) is 15.1 Å². The zero-order valence-corrected chi connectivity index (χ0v) is 21.4. The van der Waals surface area contributed by atoms with E-state index in [4.69, 9.17) is 49.0 Å². The summed E-state index contributed by atoms with van der Waals surface area (Å²) in [6.45, 7) is 1.84. The van der Waals surface area contributed by atoms with Crippen molar-refractivity contribution in [1.29, 1.82) is 0 Å². The van der Waals surface area contributed by atoms with E-state index in [-0.39, 0.29) is 19.8 Å². The van der Waals surface area contributed by atoms with Crippen molar-refractivity contribution in [3.05, 3.63) is 105 Å². The molecule has 0 saturated heterocycles. The highest BCUT2D eigenvalue weighted by Crippen LogP contribution is 2.24. The molecule has 4 atom stereocenters. The van der Waals surface area contributed by atoms with E-state index < -0.39 is 24.4 Å². The first-order valence-corrected chi connectivity index (χ1v) is 12.2. The Kier molecular flexibility index (Phi) is 11.0. The number of ether oxygens (including phenoxy) is 3. The Balaban J connectivity index is 1.82. The van der Waals surface area contributed by atoms with Crippen LogP contribution in [-0.2, 0) is 38.8 Å². The number of rotatable bonds is 13. The third-order valence-electron chi connectivity index (χ3n) is 5.42. The van der Waals surface area contributed by atoms with Crippen molar-refractivity contribution in [1.82, 2.24) is 0 Å². The summed E-state index contributed by atoms with van der Waals surface area (Å²) in [4.78, 5) is 12.2. The average molecular weight is 538 g/mol. The van der Waals surface area contributed by atoms with E-state index in [1.807, 2.05) is 54.6 Å². The summed E-state index contributed by atoms with van der Waals surface area (Å²) in [5, 5.41) is 12.2. The molecule has 0 radical (unpaired) electrons. The number of halogens is 3. The van der Waals surface area contributed by atoms with Crippen molar-refractivity contribution >= 4 is 41.1 Å². The molecule has 0 unspecified atom stereocenters. The highest BCUT2D eigenvalue weighted by Gasteiger charge is 2.35. The number of aliphatic hydroxyl groups is 1. The van der Waals surface area contributed by atoms with Gasteiger partial charge >= 0.3 is 0 Å². The van der Waals surface area contributed by atoms with Crippen LogP contribution in [0.25, 0.3) is 0 Å². The third-order valence-corrected chi connectivity index (χ3v) is 6.53. The minimum Gasteiger partial charge on any atom is -0.391 e. The summed E-state index contributed by atoms with van der Waals surface area (Å²) in [5.41, 5.74) is 2.19. The lowest BCUT2D eigenvalue weighted by molar-refractivity contribution is -0.176. The molecule has 0 aliphatic rings. The smallest absolute Gasteiger partial charge is 0.151 e. The van der Waals surface area contributed by atoms with Crippen LogP contribution in [0.4, 0.5) is 0 Å². The van der Waals surface area contributed by atoms with Crippen LogP contribution >= 0.6 is 34.8 Å². The molecule has 5 nitrogen and oxygen atoms in total. The van der Waals surface area contributed by atoms with Crippen LogP contribution in [0.15, 0.2) is 72.8 Å². The van der Waals surface area contributed by atoms with Crippen LogP contribution in [0.1, 0.15) is 23.6 Å². The first-order valence-electron chi connectivity index (χ1n) is 11.1. The predicted molar refractivity (Wildman–Crippen MR) is 138 cm³/mol. The van der Waals surface area contributed by atoms with Gasteiger partial charge < -0.3 is 24.1 Å². The molecule has 0 spiro atoms. The van der Waals surface area contributed by atoms with E-state index in [0.717, 1.165) is 16.7 Å². The van der Waals surface area contributed by atoms with Gasteiger partial charge in [-0.15, -0.1) is 0 Å². The molecule has 1 N–H and O–H groups in total. The van der Waals surface area contributed by atoms with Crippen molar-refractivity contribution in [2.24, 2.45) is 0 Å². The number of aliphatic hydroxyl groups excluding tert-OH is 1. The van der Waals surface area contributed by atoms with E-state index in [2.05, 4.69) is 0 Å². The zero-order chi connectivity index (χ0) is 25.2. The van der Waals surface area contributed by atoms with Gasteiger partial charge in [0.1, 0.15) is 18.3 Å². The first-order chi connectivity index (χ1) is 16.9. The Hall–Kier alpha value is -1.96. The van der Waals surface area contributed by atoms with Gasteiger partial charge in [-0.1, -0.05) is 89.4 Å². The Morgan fingerprint density at radius 3 is 1.43 bits per heavy atom. The van der Waals surface area contributed by atoms with Gasteiger partial charge in [-0.25, -0.2) is 0 Å². The molecule has 0 aliphatic carbocycles. The second-order valence-electron chi connectivity index (χ2n) is 7.98. The van der Waals surface area contributed by atoms with Gasteiger partial charge in [0, 0.05) is 15.1 Å². The molecule has 0 bridgehead atoms. The molecule has 0 amide bonds. The van der Waals surface area contributed by atoms with Gasteiger partial charge in [-0.3, -0.25) is 0 Å². The van der Waals surface area contributed by atoms with Gasteiger partial charge in [-0.2, -0.15) is 0 Å². The molecule has 0 aliphatic heterocycles. The first kappa shape index (κ1) is 27.6. The van der Waals surface area contributed by atoms with Crippen LogP contribution in [0.3, 0.4) is 0 Å². The molecule has 3 aromatic rings. The number of hydrogen-bond donors (Lipinski definition) is 1. The minimum atomic E-state index is -1.06. The third kappa shape index (κ3) is 8.02. The minimum absolute atomic E-state index is 0.0755. The number of benzene rings is 3. The Morgan fingerprint density at radius 2 is 1.06 bits per heavy atom. The Bertz CT molecular complexity index is 1090. The quantitative estimate of drug-likeness (QED) is 0.260. The molecule has 0 aromatic heterocycles. The van der Waals surface area contributed by atoms with Gasteiger partial charge in [0.25, 0.3) is 0 Å². The van der Waals surface area contributed by atoms with E-state index >= 15 is 0 Å². The number of aldehydes is 1. The maximum Gasteiger partial charge on any atom is 0.151 e. The molecule has 0 heterocycles. The fraction of sp³-hybridized carbons (Fsp3) is 0.296. The van der Waals surface area contributed by atoms with Crippen molar-refractivity contribution in [3.8, 4) is 0 Å². The lowest BCUT2D eigenvalue weighted by Crippen LogP contribution is -2.48. The molecular formula is C27H27Cl3O5. The Morgan fingerprint density at radius 1 is 0.686 bits per heavy atom. The summed E-state index contributed by atoms with van der Waals surface area (Å²) in [6.07, 6.45) is -3.26. The maximum absolute atomic E-state index is 12.2. The molecule has 186 valence electrons. The topological polar surface area (TPSA) is 65.0 Å². The van der Waals surface area contributed by atoms with E-state index in [0.29, 0.717) is 21.4 Å². The molecule has 0 fully saturated rings. The second-order valence-corrected chi connectivity index (χ2v) is 9.20. The highest BCUT2D eigenvalue weighted by molar-refractivity contribution is 6.31. The van der Waals surface area contributed by atoms with E-state index in [1.165, 1.54) is 0 Å². The molecule has 3 rings (SSSR count). The lowest BCUT2D eigenvalue weighted by Gasteiger charge is -2.33. The van der Waals surface area contributed by atoms with Crippen LogP contribution in [0, 0.1) is 0 Å². The normalized spacial score (nSPS) is 14.8. The van der Waals surface area contributed by atoms with E-state index in [1.54, 1.807) is 25.1 Å². The number of carbonyl (C=O) groups excluding carboxylic acids is 1. The summed E-state index contributed by atoms with van der Waals surface area (Å²) in [5.74, 6) is 0. The SMILES string of the molecule is C[C@H](O)[C@@H](OCc1ccccc1Cl)[C@@H](OCc1ccccc1Cl)[C@@H](C=O)OCc1ccccc1Cl. The van der Waals surface area contributed by atoms with Crippen LogP contribution in [0.5, 0.6) is 0 Å². The van der Waals surface area contributed by atoms with Crippen molar-refractivity contribution in [2.45, 2.75) is 51.2 Å². The van der Waals surface area contributed by atoms with Crippen molar-refractivity contribution < 1.29 is 24.1 Å².